The second kappa shape index (κ2) is 32.8. The highest BCUT2D eigenvalue weighted by atomic mass is 35.5. The van der Waals surface area contributed by atoms with E-state index in [2.05, 4.69) is 86.9 Å². The number of nitrogens with two attached hydrogens (primary N) is 4. The number of fused-ring (bicyclic) bond motifs is 8. The van der Waals surface area contributed by atoms with E-state index in [-0.39, 0.29) is 28.7 Å². The smallest absolute Gasteiger partial charge is 0.263 e. The summed E-state index contributed by atoms with van der Waals surface area (Å²) in [6, 6.07) is 14.7. The van der Waals surface area contributed by atoms with Crippen LogP contribution in [0.15, 0.2) is 68.3 Å². The Hall–Kier alpha value is -8.37. The normalized spacial score (nSPS) is 15.3. The van der Waals surface area contributed by atoms with E-state index in [9.17, 15) is 13.6 Å². The van der Waals surface area contributed by atoms with Crippen LogP contribution in [0.4, 0.5) is 32.6 Å². The maximum atomic E-state index is 13.3. The number of hydrogen-bond acceptors (Lipinski definition) is 26. The summed E-state index contributed by atoms with van der Waals surface area (Å²) in [5, 5.41) is 10.5. The van der Waals surface area contributed by atoms with Gasteiger partial charge < -0.3 is 71.4 Å². The average Bonchev–Trinajstić information content (AvgIpc) is 1.47. The SMILES string of the molecule is C=C(NC1COC1)c1cc2c(-c3c(Cl)cc(Cl)c4c3CCO4)nc(N)nc2s1.C=C(c1cc2c(-c3c(Cl)cc(Cl)c4c3CCO4)nc(N)nc2s1)N1CCCC1.C=C(c1cc2c(-c3c(Cl)cc(Cl)c4c3CCO4)nc(N)nc2s1)N1CCOCC1.CN(CC(C)(F)F)C(=O)c1cc2c(-c3c(Cl)cc(Cl)c4c3CCO4)nc(N)nc2s1. The van der Waals surface area contributed by atoms with Gasteiger partial charge in [-0.25, -0.2) is 48.7 Å². The van der Waals surface area contributed by atoms with Gasteiger partial charge in [0.25, 0.3) is 11.8 Å². The molecule has 23 nitrogen and oxygen atoms in total. The third-order valence-electron chi connectivity index (χ3n) is 20.0. The number of aromatic nitrogens is 8. The van der Waals surface area contributed by atoms with Crippen molar-refractivity contribution in [2.45, 2.75) is 57.4 Å². The topological polar surface area (TPSA) is 301 Å². The minimum Gasteiger partial charge on any atom is -0.491 e. The maximum Gasteiger partial charge on any atom is 0.263 e. The second-order valence-corrected chi connectivity index (χ2v) is 35.2. The van der Waals surface area contributed by atoms with Crippen molar-refractivity contribution in [2.75, 3.05) is 116 Å². The quantitative estimate of drug-likeness (QED) is 0.0675. The Kier molecular flexibility index (Phi) is 23.0. The summed E-state index contributed by atoms with van der Waals surface area (Å²) in [4.78, 5) is 59.9. The summed E-state index contributed by atoms with van der Waals surface area (Å²) in [7, 11) is 1.32. The highest BCUT2D eigenvalue weighted by Crippen LogP contribution is 2.52. The standard InChI is InChI=1S/C20H18Cl2N4O2S.C20H18Cl2N4OS.C19H16Cl2F2N4O2S.C19H16Cl2N4O2S/c1-10(26-3-6-27-7-4-26)15-8-12-17(24-20(23)25-19(12)29-15)16-11-2-5-28-18(11)14(22)9-13(16)21;1-10(26-5-2-3-6-26)15-8-12-17(24-20(23)25-19(12)28-15)16-11-4-7-27-18(11)14(22)9-13(16)21;1-19(22,23)7-27(2)17(28)12-5-9-14(25-18(24)26-16(9)30-12)13-8-3-4-29-15(8)11(21)6-10(13)20;1-8(23-9-6-26-7-9)14-4-11-16(24-19(22)25-18(11)28-14)15-10-2-3-27-17(10)13(21)5-12(15)20/h8-9H,1-7H2,(H2,23,24,25);8-9H,1-7H2,(H2,23,24,25);5-6H,3-4,7H2,1-2H3,(H2,24,25,26);4-5,9,23H,1-3,6-7H2,(H2,22,24,25). The van der Waals surface area contributed by atoms with E-state index in [1.54, 1.807) is 53.0 Å². The minimum absolute atomic E-state index is 0.00507. The fourth-order valence-electron chi connectivity index (χ4n) is 14.7. The molecule has 12 aromatic rings. The van der Waals surface area contributed by atoms with Gasteiger partial charge >= 0.3 is 0 Å². The molecule has 7 aliphatic rings. The van der Waals surface area contributed by atoms with Gasteiger partial charge in [-0.3, -0.25) is 4.79 Å². The van der Waals surface area contributed by atoms with Crippen molar-refractivity contribution in [3.63, 3.8) is 0 Å². The van der Waals surface area contributed by atoms with Crippen molar-refractivity contribution in [3.05, 3.63) is 150 Å². The number of nitrogens with one attached hydrogen (secondary N) is 1. The van der Waals surface area contributed by atoms with Crippen molar-refractivity contribution < 1.29 is 42.0 Å². The molecule has 0 aliphatic carbocycles. The van der Waals surface area contributed by atoms with Crippen molar-refractivity contribution in [1.29, 1.82) is 0 Å². The average molecular weight is 1790 g/mol. The number of ether oxygens (including phenoxy) is 6. The van der Waals surface area contributed by atoms with Crippen LogP contribution in [0.25, 0.3) is 103 Å². The first kappa shape index (κ1) is 80.4. The van der Waals surface area contributed by atoms with Gasteiger partial charge in [-0.15, -0.1) is 45.3 Å². The molecule has 9 N–H and O–H groups in total. The highest BCUT2D eigenvalue weighted by Gasteiger charge is 2.35. The Morgan fingerprint density at radius 2 is 0.783 bits per heavy atom. The zero-order valence-corrected chi connectivity index (χ0v) is 70.6. The molecule has 19 rings (SSSR count). The number of carbonyl (C=O) groups excluding carboxylic acids is 1. The van der Waals surface area contributed by atoms with Crippen LogP contribution in [0.5, 0.6) is 23.0 Å². The van der Waals surface area contributed by atoms with Crippen molar-refractivity contribution in [2.24, 2.45) is 0 Å². The van der Waals surface area contributed by atoms with E-state index < -0.39 is 18.4 Å². The molecule has 0 bridgehead atoms. The molecule has 0 atom stereocenters. The van der Waals surface area contributed by atoms with Crippen LogP contribution in [0.2, 0.25) is 40.2 Å². The summed E-state index contributed by atoms with van der Waals surface area (Å²) in [6.07, 6.45) is 5.15. The molecule has 0 spiro atoms. The summed E-state index contributed by atoms with van der Waals surface area (Å²) >= 11 is 57.2. The lowest BCUT2D eigenvalue weighted by atomic mass is 10.00. The first-order chi connectivity index (χ1) is 55.1. The maximum absolute atomic E-state index is 13.3. The number of likely N-dealkylation sites (tertiary alicyclic amines) is 1. The molecule has 3 saturated heterocycles. The monoisotopic (exact) mass is 1790 g/mol. The largest absolute Gasteiger partial charge is 0.491 e. The molecule has 15 heterocycles. The molecule has 7 aliphatic heterocycles. The Balaban J connectivity index is 0.000000115. The van der Waals surface area contributed by atoms with E-state index in [0.29, 0.717) is 174 Å². The summed E-state index contributed by atoms with van der Waals surface area (Å²) in [5.41, 5.74) is 36.1. The third-order valence-corrected chi connectivity index (χ3v) is 26.5. The lowest BCUT2D eigenvalue weighted by Gasteiger charge is -2.29. The predicted octanol–water partition coefficient (Wildman–Crippen LogP) is 18.8. The molecule has 0 saturated carbocycles. The lowest BCUT2D eigenvalue weighted by molar-refractivity contribution is -0.00544. The van der Waals surface area contributed by atoms with Crippen LogP contribution >= 0.6 is 138 Å². The number of alkyl halides is 2. The molecule has 596 valence electrons. The Morgan fingerprint density at radius 1 is 0.470 bits per heavy atom. The van der Waals surface area contributed by atoms with Gasteiger partial charge in [-0.2, -0.15) is 0 Å². The number of anilines is 4. The number of morpholine rings is 1. The van der Waals surface area contributed by atoms with E-state index >= 15 is 0 Å². The van der Waals surface area contributed by atoms with Crippen LogP contribution in [-0.4, -0.2) is 165 Å². The van der Waals surface area contributed by atoms with Gasteiger partial charge in [-0.1, -0.05) is 113 Å². The van der Waals surface area contributed by atoms with E-state index in [0.717, 1.165) is 163 Å². The van der Waals surface area contributed by atoms with Gasteiger partial charge in [0.05, 0.1) is 148 Å². The van der Waals surface area contributed by atoms with Crippen molar-refractivity contribution in [1.82, 2.24) is 59.9 Å². The first-order valence-corrected chi connectivity index (χ1v) is 42.4. The van der Waals surface area contributed by atoms with Gasteiger partial charge in [0, 0.05) is 149 Å². The molecule has 115 heavy (non-hydrogen) atoms. The number of thiophene rings is 4. The summed E-state index contributed by atoms with van der Waals surface area (Å²) in [5.74, 6) is -0.360. The number of nitrogen functional groups attached to an aromatic ring is 4. The number of nitrogens with zero attached hydrogens (tertiary/aromatic N) is 11. The molecular formula is C78H68Cl8F2N16O7S4. The van der Waals surface area contributed by atoms with Crippen LogP contribution in [-0.2, 0) is 35.2 Å². The summed E-state index contributed by atoms with van der Waals surface area (Å²) < 4.78 is 60.1. The molecule has 3 fully saturated rings. The minimum atomic E-state index is -3.01. The predicted molar refractivity (Wildman–Crippen MR) is 462 cm³/mol. The van der Waals surface area contributed by atoms with Gasteiger partial charge in [0.1, 0.15) is 42.3 Å². The van der Waals surface area contributed by atoms with Crippen LogP contribution < -0.4 is 47.2 Å². The fraction of sp³-hybridized carbons (Fsp3) is 0.295. The number of rotatable bonds is 14. The van der Waals surface area contributed by atoms with E-state index in [4.69, 9.17) is 144 Å². The van der Waals surface area contributed by atoms with Gasteiger partial charge in [0.15, 0.2) is 0 Å². The summed E-state index contributed by atoms with van der Waals surface area (Å²) in [6.45, 7) is 21.5. The van der Waals surface area contributed by atoms with Crippen molar-refractivity contribution in [3.8, 4) is 68.0 Å². The molecule has 8 aromatic heterocycles. The second-order valence-electron chi connectivity index (χ2n) is 27.8. The van der Waals surface area contributed by atoms with Crippen LogP contribution in [0.1, 0.15) is 66.3 Å². The Bertz CT molecular complexity index is 6010. The third kappa shape index (κ3) is 16.1. The molecular weight excluding hydrogens is 1720 g/mol. The van der Waals surface area contributed by atoms with Gasteiger partial charge in [-0.05, 0) is 61.4 Å². The number of benzene rings is 4. The van der Waals surface area contributed by atoms with Crippen LogP contribution in [0.3, 0.4) is 0 Å². The first-order valence-electron chi connectivity index (χ1n) is 36.1. The molecule has 37 heteroatoms. The fourth-order valence-corrected chi connectivity index (χ4v) is 21.4. The molecule has 1 amide bonds. The Labute approximate surface area is 713 Å². The van der Waals surface area contributed by atoms with Gasteiger partial charge in [0.2, 0.25) is 23.8 Å². The molecule has 0 unspecified atom stereocenters. The zero-order chi connectivity index (χ0) is 80.7. The number of halogens is 10. The van der Waals surface area contributed by atoms with Crippen LogP contribution in [0, 0.1) is 0 Å². The number of hydrogen-bond donors (Lipinski definition) is 5. The molecule has 4 aromatic carbocycles. The Morgan fingerprint density at radius 3 is 1.11 bits per heavy atom. The highest BCUT2D eigenvalue weighted by molar-refractivity contribution is 7.21. The number of carbonyl (C=O) groups is 1. The van der Waals surface area contributed by atoms with E-state index in [1.807, 2.05) is 6.07 Å². The van der Waals surface area contributed by atoms with Crippen molar-refractivity contribution >= 4 is 226 Å². The lowest BCUT2D eigenvalue weighted by Crippen LogP contribution is -2.44. The molecule has 0 radical (unpaired) electrons. The number of amides is 1. The zero-order valence-electron chi connectivity index (χ0n) is 61.3. The van der Waals surface area contributed by atoms with E-state index in [1.165, 1.54) is 31.2 Å².